The third-order valence-corrected chi connectivity index (χ3v) is 26.9. The third kappa shape index (κ3) is 12.9. The van der Waals surface area contributed by atoms with Crippen LogP contribution >= 0.6 is 0 Å². The normalized spacial score (nSPS) is 13.3. The summed E-state index contributed by atoms with van der Waals surface area (Å²) >= 11 is 0. The number of rotatable bonds is 9. The Bertz CT molecular complexity index is 8160. The van der Waals surface area contributed by atoms with Gasteiger partial charge in [0.2, 0.25) is 0 Å². The first-order valence-electron chi connectivity index (χ1n) is 43.8. The summed E-state index contributed by atoms with van der Waals surface area (Å²) in [5.41, 5.74) is 43.0. The van der Waals surface area contributed by atoms with Gasteiger partial charge in [-0.15, -0.1) is 0 Å². The van der Waals surface area contributed by atoms with Crippen molar-refractivity contribution < 1.29 is 0 Å². The quantitative estimate of drug-likeness (QED) is 0.133. The maximum Gasteiger partial charge on any atom is 0.0972 e. The van der Waals surface area contributed by atoms with Crippen molar-refractivity contribution in [3.8, 4) is 134 Å². The molecule has 0 unspecified atom stereocenters. The molecule has 0 amide bonds. The molecule has 0 saturated heterocycles. The molecule has 0 fully saturated rings. The fourth-order valence-corrected chi connectivity index (χ4v) is 20.5. The molecule has 15 aromatic carbocycles. The molecule has 22 aromatic rings. The van der Waals surface area contributed by atoms with Gasteiger partial charge < -0.3 is 0 Å². The average molecular weight is 1630 g/mol. The summed E-state index contributed by atoms with van der Waals surface area (Å²) in [5.74, 6) is 0. The van der Waals surface area contributed by atoms with Crippen LogP contribution in [0.5, 0.6) is 0 Å². The van der Waals surface area contributed by atoms with Gasteiger partial charge in [-0.05, 0) is 160 Å². The maximum atomic E-state index is 5.20. The van der Waals surface area contributed by atoms with E-state index in [-0.39, 0.29) is 16.2 Å². The van der Waals surface area contributed by atoms with E-state index >= 15 is 0 Å². The van der Waals surface area contributed by atoms with Crippen LogP contribution in [0.1, 0.15) is 74.9 Å². The Kier molecular flexibility index (Phi) is 18.2. The molecule has 7 nitrogen and oxygen atoms in total. The van der Waals surface area contributed by atoms with Gasteiger partial charge in [-0.1, -0.05) is 381 Å². The van der Waals surface area contributed by atoms with Gasteiger partial charge in [0.05, 0.1) is 61.4 Å². The molecule has 7 aromatic heterocycles. The molecule has 0 aliphatic heterocycles. The molecule has 0 spiro atoms. The molecule has 0 saturated carbocycles. The largest absolute Gasteiger partial charge is 0.256 e. The van der Waals surface area contributed by atoms with Crippen LogP contribution < -0.4 is 0 Å². The van der Waals surface area contributed by atoms with Crippen LogP contribution in [0.4, 0.5) is 0 Å². The monoisotopic (exact) mass is 1620 g/mol. The number of nitrogens with zero attached hydrogens (tertiary/aromatic N) is 7. The Morgan fingerprint density at radius 2 is 0.504 bits per heavy atom. The minimum absolute atomic E-state index is 0.135. The molecule has 3 aliphatic carbocycles. The lowest BCUT2D eigenvalue weighted by molar-refractivity contribution is 0.661. The van der Waals surface area contributed by atoms with E-state index in [0.29, 0.717) is 0 Å². The zero-order valence-electron chi connectivity index (χ0n) is 71.3. The summed E-state index contributed by atoms with van der Waals surface area (Å²) in [7, 11) is 0. The van der Waals surface area contributed by atoms with Crippen LogP contribution in [0.3, 0.4) is 0 Å². The van der Waals surface area contributed by atoms with Gasteiger partial charge in [-0.3, -0.25) is 15.0 Å². The van der Waals surface area contributed by atoms with E-state index in [1.54, 1.807) is 0 Å². The van der Waals surface area contributed by atoms with Gasteiger partial charge >= 0.3 is 0 Å². The lowest BCUT2D eigenvalue weighted by atomic mass is 9.78. The fourth-order valence-electron chi connectivity index (χ4n) is 20.5. The van der Waals surface area contributed by atoms with Gasteiger partial charge in [0, 0.05) is 106 Å². The molecular formula is C120H85N7. The van der Waals surface area contributed by atoms with Crippen LogP contribution in [0.2, 0.25) is 0 Å². The summed E-state index contributed by atoms with van der Waals surface area (Å²) in [5, 5.41) is 8.12. The second-order valence-corrected chi connectivity index (χ2v) is 35.4. The number of hydrogen-bond donors (Lipinski definition) is 0. The second kappa shape index (κ2) is 30.3. The number of para-hydroxylation sites is 5. The van der Waals surface area contributed by atoms with E-state index in [0.717, 1.165) is 99.6 Å². The van der Waals surface area contributed by atoms with E-state index in [4.69, 9.17) is 19.9 Å². The van der Waals surface area contributed by atoms with Crippen LogP contribution in [0.25, 0.3) is 210 Å². The molecule has 7 heteroatoms. The minimum atomic E-state index is -0.147. The Balaban J connectivity index is 0.000000109. The summed E-state index contributed by atoms with van der Waals surface area (Å²) < 4.78 is 0. The first-order valence-corrected chi connectivity index (χ1v) is 43.8. The van der Waals surface area contributed by atoms with Crippen molar-refractivity contribution in [2.45, 2.75) is 57.8 Å². The SMILES string of the molecule is CC1(C)c2ccccc2-c2nc3ccccc3c(-c3ccc(-c4ccc(-c5ccc6ccc7cccnc7c6n5)cc4)cc3)c21.CC1(C)c2ccccc2-c2nc3ccccc3c(-c3ccc(-c4ccc(-c5cccc6cccnc56)cc4)cc3)c21.CC1(C)c2ccccc2-c2nc3ccccc3c(-c3ccc(-c4ccc(-c5cnc6ccccc6c5)cc4)cc3)c21. The topological polar surface area (TPSA) is 90.2 Å². The smallest absolute Gasteiger partial charge is 0.0972 e. The molecule has 7 heterocycles. The van der Waals surface area contributed by atoms with Gasteiger partial charge in [0.1, 0.15) is 0 Å². The lowest BCUT2D eigenvalue weighted by Crippen LogP contribution is -2.16. The van der Waals surface area contributed by atoms with E-state index in [1.807, 2.05) is 36.8 Å². The predicted molar refractivity (Wildman–Crippen MR) is 528 cm³/mol. The molecular weight excluding hydrogens is 1540 g/mol. The van der Waals surface area contributed by atoms with Crippen LogP contribution in [0.15, 0.2) is 407 Å². The van der Waals surface area contributed by atoms with Crippen molar-refractivity contribution >= 4 is 76.3 Å². The second-order valence-electron chi connectivity index (χ2n) is 35.4. The summed E-state index contributed by atoms with van der Waals surface area (Å²) in [4.78, 5) is 34.5. The highest BCUT2D eigenvalue weighted by atomic mass is 14.8. The van der Waals surface area contributed by atoms with Crippen LogP contribution in [-0.4, -0.2) is 34.9 Å². The lowest BCUT2D eigenvalue weighted by Gasteiger charge is -2.25. The first-order chi connectivity index (χ1) is 62.2. The Hall–Kier alpha value is -15.8. The van der Waals surface area contributed by atoms with Crippen LogP contribution in [-0.2, 0) is 16.2 Å². The van der Waals surface area contributed by atoms with Crippen molar-refractivity contribution in [3.63, 3.8) is 0 Å². The molecule has 3 aliphatic rings. The number of pyridine rings is 7. The van der Waals surface area contributed by atoms with E-state index in [1.165, 1.54) is 144 Å². The molecule has 25 rings (SSSR count). The zero-order chi connectivity index (χ0) is 85.2. The molecule has 0 N–H and O–H groups in total. The number of aromatic nitrogens is 7. The summed E-state index contributed by atoms with van der Waals surface area (Å²) in [6, 6.07) is 139. The van der Waals surface area contributed by atoms with E-state index < -0.39 is 0 Å². The number of benzene rings is 15. The standard InChI is InChI=1S/C42H29N3.2C39H28N2/c1-42(2)34-11-5-3-9-32(34)41-38(42)37(33-10-4-6-12-36(33)45-41)29-19-15-27(16-20-29)26-13-17-28(18-14-26)35-24-23-31-22-21-30-8-7-25-43-39(30)40(31)44-35;1-39(2)33-12-6-4-10-31(33)38-37(39)36(32-11-5-8-14-35(32)41-38)28-21-19-26(20-22-28)25-15-17-27(18-16-25)30-23-29-9-3-7-13-34(29)40-24-30;1-39(2)33-14-5-3-11-31(33)38-36(39)35(32-12-4-6-15-34(32)41-38)28-22-18-26(19-23-28)25-16-20-27(21-17-25)30-13-7-9-29-10-8-24-40-37(29)30/h3-25H,1-2H3;2*3-24H,1-2H3. The summed E-state index contributed by atoms with van der Waals surface area (Å²) in [6.07, 6.45) is 5.66. The highest BCUT2D eigenvalue weighted by molar-refractivity contribution is 6.07. The molecule has 127 heavy (non-hydrogen) atoms. The Morgan fingerprint density at radius 1 is 0.197 bits per heavy atom. The Labute approximate surface area is 738 Å². The van der Waals surface area contributed by atoms with Crippen molar-refractivity contribution in [2.24, 2.45) is 0 Å². The van der Waals surface area contributed by atoms with Crippen molar-refractivity contribution in [3.05, 3.63) is 440 Å². The molecule has 600 valence electrons. The molecule has 0 radical (unpaired) electrons. The minimum Gasteiger partial charge on any atom is -0.256 e. The van der Waals surface area contributed by atoms with Gasteiger partial charge in [-0.2, -0.15) is 0 Å². The highest BCUT2D eigenvalue weighted by Crippen LogP contribution is 2.57. The van der Waals surface area contributed by atoms with E-state index in [9.17, 15) is 0 Å². The average Bonchev–Trinajstić information content (AvgIpc) is 1.57. The van der Waals surface area contributed by atoms with E-state index in [2.05, 4.69) is 427 Å². The zero-order valence-corrected chi connectivity index (χ0v) is 71.3. The summed E-state index contributed by atoms with van der Waals surface area (Å²) in [6.45, 7) is 14.0. The van der Waals surface area contributed by atoms with Gasteiger partial charge in [-0.25, -0.2) is 19.9 Å². The number of fused-ring (bicyclic) bond motifs is 17. The molecule has 0 bridgehead atoms. The first kappa shape index (κ1) is 76.1. The van der Waals surface area contributed by atoms with Crippen molar-refractivity contribution in [1.29, 1.82) is 0 Å². The molecule has 0 atom stereocenters. The maximum absolute atomic E-state index is 5.20. The fraction of sp³-hybridized carbons (Fsp3) is 0.0750. The number of hydrogen-bond acceptors (Lipinski definition) is 7. The Morgan fingerprint density at radius 3 is 0.937 bits per heavy atom. The van der Waals surface area contributed by atoms with Gasteiger partial charge in [0.15, 0.2) is 0 Å². The van der Waals surface area contributed by atoms with Crippen LogP contribution in [0, 0.1) is 0 Å². The van der Waals surface area contributed by atoms with Gasteiger partial charge in [0.25, 0.3) is 0 Å². The van der Waals surface area contributed by atoms with Crippen molar-refractivity contribution in [2.75, 3.05) is 0 Å². The van der Waals surface area contributed by atoms with Crippen molar-refractivity contribution in [1.82, 2.24) is 34.9 Å². The predicted octanol–water partition coefficient (Wildman–Crippen LogP) is 30.8. The highest BCUT2D eigenvalue weighted by Gasteiger charge is 2.43. The third-order valence-electron chi connectivity index (χ3n) is 26.9.